The number of ether oxygens (including phenoxy) is 1. The number of rotatable bonds is 13. The molecule has 0 bridgehead atoms. The van der Waals surface area contributed by atoms with Crippen molar-refractivity contribution in [2.24, 2.45) is 0 Å². The molecule has 2 aromatic heterocycles. The van der Waals surface area contributed by atoms with Crippen LogP contribution in [0.4, 0.5) is 16.2 Å². The molecule has 10 nitrogen and oxygen atoms in total. The van der Waals surface area contributed by atoms with Gasteiger partial charge in [-0.05, 0) is 65.8 Å². The van der Waals surface area contributed by atoms with Crippen LogP contribution in [0.25, 0.3) is 0 Å². The molecule has 1 aliphatic heterocycles. The molecule has 0 spiro atoms. The average Bonchev–Trinajstić information content (AvgIpc) is 3.34. The van der Waals surface area contributed by atoms with E-state index in [2.05, 4.69) is 63.1 Å². The van der Waals surface area contributed by atoms with Crippen molar-refractivity contribution in [2.75, 3.05) is 56.9 Å². The third-order valence-corrected chi connectivity index (χ3v) is 7.63. The Morgan fingerprint density at radius 3 is 2.44 bits per heavy atom. The third kappa shape index (κ3) is 11.0. The molecule has 1 atom stereocenters. The zero-order chi connectivity index (χ0) is 30.0. The molecule has 0 saturated carbocycles. The molecule has 2 amide bonds. The highest BCUT2D eigenvalue weighted by Gasteiger charge is 2.19. The summed E-state index contributed by atoms with van der Waals surface area (Å²) in [6.45, 7) is 21.1. The van der Waals surface area contributed by atoms with Crippen molar-refractivity contribution < 1.29 is 14.3 Å². The molecular formula is C30H47N7O3S. The van der Waals surface area contributed by atoms with E-state index in [1.807, 2.05) is 6.07 Å². The Kier molecular flexibility index (Phi) is 12.0. The quantitative estimate of drug-likeness (QED) is 0.301. The zero-order valence-electron chi connectivity index (χ0n) is 25.5. The Morgan fingerprint density at radius 2 is 1.83 bits per heavy atom. The molecule has 0 aliphatic carbocycles. The van der Waals surface area contributed by atoms with Gasteiger partial charge in [-0.1, -0.05) is 19.6 Å². The summed E-state index contributed by atoms with van der Waals surface area (Å²) in [5.74, 6) is 0.552. The molecule has 3 N–H and O–H groups in total. The van der Waals surface area contributed by atoms with Crippen LogP contribution in [0.15, 0.2) is 41.5 Å². The van der Waals surface area contributed by atoms with Crippen molar-refractivity contribution >= 4 is 34.7 Å². The average molecular weight is 586 g/mol. The molecule has 2 aromatic rings. The van der Waals surface area contributed by atoms with Crippen LogP contribution in [0, 0.1) is 0 Å². The number of likely N-dealkylation sites (N-methyl/N-ethyl adjacent to an activating group) is 1. The second kappa shape index (κ2) is 15.2. The first kappa shape index (κ1) is 32.4. The fraction of sp³-hybridized carbons (Fsp3) is 0.567. The van der Waals surface area contributed by atoms with Gasteiger partial charge in [-0.2, -0.15) is 0 Å². The van der Waals surface area contributed by atoms with Gasteiger partial charge in [-0.3, -0.25) is 15.1 Å². The minimum Gasteiger partial charge on any atom is -0.444 e. The van der Waals surface area contributed by atoms with E-state index in [0.29, 0.717) is 29.7 Å². The molecule has 226 valence electrons. The van der Waals surface area contributed by atoms with E-state index in [4.69, 9.17) is 4.74 Å². The number of carbonyl (C=O) groups excluding carboxylic acids is 2. The Hall–Kier alpha value is -3.15. The van der Waals surface area contributed by atoms with Crippen molar-refractivity contribution in [1.82, 2.24) is 25.0 Å². The molecule has 1 saturated heterocycles. The van der Waals surface area contributed by atoms with Gasteiger partial charge in [0.1, 0.15) is 11.3 Å². The topological polar surface area (TPSA) is 102 Å². The van der Waals surface area contributed by atoms with Crippen LogP contribution in [0.2, 0.25) is 0 Å². The maximum absolute atomic E-state index is 12.9. The largest absolute Gasteiger partial charge is 0.444 e. The smallest absolute Gasteiger partial charge is 0.412 e. The molecule has 3 rings (SSSR count). The Morgan fingerprint density at radius 1 is 1.15 bits per heavy atom. The van der Waals surface area contributed by atoms with Gasteiger partial charge in [0, 0.05) is 62.3 Å². The molecule has 3 heterocycles. The summed E-state index contributed by atoms with van der Waals surface area (Å²) in [7, 11) is 2.18. The number of nitrogens with one attached hydrogen (secondary N) is 3. The van der Waals surface area contributed by atoms with E-state index >= 15 is 0 Å². The van der Waals surface area contributed by atoms with Crippen LogP contribution < -0.4 is 16.0 Å². The summed E-state index contributed by atoms with van der Waals surface area (Å²) in [4.78, 5) is 36.7. The number of aromatic nitrogens is 1. The number of pyridine rings is 1. The highest BCUT2D eigenvalue weighted by molar-refractivity contribution is 7.09. The third-order valence-electron chi connectivity index (χ3n) is 6.88. The molecule has 1 aliphatic rings. The Bertz CT molecular complexity index is 1140. The van der Waals surface area contributed by atoms with Gasteiger partial charge >= 0.3 is 6.09 Å². The van der Waals surface area contributed by atoms with Gasteiger partial charge in [0.05, 0.1) is 17.2 Å². The SMILES string of the molecule is C=C(NC(C)CC)N(CCCN1CCN(C)CC1)Cc1ccc(C(=O)Nc2cscc2NC(=O)OC(C)(C)C)nc1. The van der Waals surface area contributed by atoms with Gasteiger partial charge in [-0.15, -0.1) is 11.3 Å². The van der Waals surface area contributed by atoms with Crippen LogP contribution in [-0.2, 0) is 11.3 Å². The maximum Gasteiger partial charge on any atom is 0.412 e. The summed E-state index contributed by atoms with van der Waals surface area (Å²) >= 11 is 1.37. The number of anilines is 2. The van der Waals surface area contributed by atoms with Crippen LogP contribution in [0.1, 0.15) is 63.5 Å². The number of hydrogen-bond acceptors (Lipinski definition) is 9. The summed E-state index contributed by atoms with van der Waals surface area (Å²) in [5, 5.41) is 12.6. The zero-order valence-corrected chi connectivity index (χ0v) is 26.3. The summed E-state index contributed by atoms with van der Waals surface area (Å²) in [6.07, 6.45) is 3.22. The number of hydrogen-bond donors (Lipinski definition) is 3. The van der Waals surface area contributed by atoms with Gasteiger partial charge in [0.25, 0.3) is 5.91 Å². The first-order valence-corrected chi connectivity index (χ1v) is 15.3. The highest BCUT2D eigenvalue weighted by atomic mass is 32.1. The van der Waals surface area contributed by atoms with Crippen LogP contribution in [-0.4, -0.2) is 89.6 Å². The highest BCUT2D eigenvalue weighted by Crippen LogP contribution is 2.27. The lowest BCUT2D eigenvalue weighted by atomic mass is 10.2. The standard InChI is InChI=1S/C30H47N7O3S/c1-8-22(2)32-23(3)37(13-9-12-36-16-14-35(7)15-17-36)19-24-10-11-25(31-18-24)28(38)33-26-20-41-21-27(26)34-29(39)40-30(4,5)6/h10-11,18,20-22,32H,3,8-9,12-17,19H2,1-2,4-7H3,(H,33,38)(H,34,39). The number of carbonyl (C=O) groups is 2. The molecule has 0 aromatic carbocycles. The number of thiophene rings is 1. The lowest BCUT2D eigenvalue weighted by Crippen LogP contribution is -2.45. The maximum atomic E-state index is 12.9. The normalized spacial score (nSPS) is 15.2. The predicted molar refractivity (Wildman–Crippen MR) is 167 cm³/mol. The van der Waals surface area contributed by atoms with Gasteiger partial charge in [0.2, 0.25) is 0 Å². The second-order valence-electron chi connectivity index (χ2n) is 11.7. The van der Waals surface area contributed by atoms with Crippen molar-refractivity contribution in [3.05, 3.63) is 52.7 Å². The molecule has 1 unspecified atom stereocenters. The van der Waals surface area contributed by atoms with Crippen LogP contribution in [0.3, 0.4) is 0 Å². The van der Waals surface area contributed by atoms with Crippen LogP contribution in [0.5, 0.6) is 0 Å². The Balaban J connectivity index is 1.59. The number of nitrogens with zero attached hydrogens (tertiary/aromatic N) is 4. The van der Waals surface area contributed by atoms with Crippen molar-refractivity contribution in [3.63, 3.8) is 0 Å². The minimum absolute atomic E-state index is 0.293. The van der Waals surface area contributed by atoms with Crippen molar-refractivity contribution in [2.45, 2.75) is 65.6 Å². The van der Waals surface area contributed by atoms with E-state index < -0.39 is 11.7 Å². The van der Waals surface area contributed by atoms with E-state index in [-0.39, 0.29) is 5.91 Å². The number of amides is 2. The summed E-state index contributed by atoms with van der Waals surface area (Å²) in [5.41, 5.74) is 1.65. The van der Waals surface area contributed by atoms with Gasteiger partial charge in [0.15, 0.2) is 0 Å². The van der Waals surface area contributed by atoms with Crippen LogP contribution >= 0.6 is 11.3 Å². The van der Waals surface area contributed by atoms with Gasteiger partial charge < -0.3 is 30.1 Å². The van der Waals surface area contributed by atoms with Gasteiger partial charge in [-0.25, -0.2) is 4.79 Å². The van der Waals surface area contributed by atoms with E-state index in [9.17, 15) is 9.59 Å². The van der Waals surface area contributed by atoms with Crippen molar-refractivity contribution in [3.8, 4) is 0 Å². The predicted octanol–water partition coefficient (Wildman–Crippen LogP) is 5.04. The first-order chi connectivity index (χ1) is 19.4. The molecule has 41 heavy (non-hydrogen) atoms. The van der Waals surface area contributed by atoms with E-state index in [1.54, 1.807) is 43.8 Å². The lowest BCUT2D eigenvalue weighted by Gasteiger charge is -2.34. The molecular weight excluding hydrogens is 538 g/mol. The fourth-order valence-electron chi connectivity index (χ4n) is 4.31. The molecule has 1 fully saturated rings. The fourth-order valence-corrected chi connectivity index (χ4v) is 5.02. The first-order valence-electron chi connectivity index (χ1n) is 14.4. The Labute approximate surface area is 249 Å². The minimum atomic E-state index is -0.619. The summed E-state index contributed by atoms with van der Waals surface area (Å²) < 4.78 is 5.31. The van der Waals surface area contributed by atoms with E-state index in [0.717, 1.165) is 63.5 Å². The summed E-state index contributed by atoms with van der Waals surface area (Å²) in [6, 6.07) is 3.99. The molecule has 11 heteroatoms. The molecule has 0 radical (unpaired) electrons. The van der Waals surface area contributed by atoms with E-state index in [1.165, 1.54) is 11.3 Å². The second-order valence-corrected chi connectivity index (χ2v) is 12.4. The lowest BCUT2D eigenvalue weighted by molar-refractivity contribution is 0.0635. The monoisotopic (exact) mass is 585 g/mol. The number of piperazine rings is 1. The van der Waals surface area contributed by atoms with Crippen molar-refractivity contribution in [1.29, 1.82) is 0 Å².